The lowest BCUT2D eigenvalue weighted by atomic mass is 10.1. The highest BCUT2D eigenvalue weighted by Gasteiger charge is 2.27. The van der Waals surface area contributed by atoms with Crippen LogP contribution in [0.3, 0.4) is 0 Å². The van der Waals surface area contributed by atoms with E-state index in [2.05, 4.69) is 20.6 Å². The van der Waals surface area contributed by atoms with Crippen LogP contribution in [0.1, 0.15) is 38.6 Å². The van der Waals surface area contributed by atoms with Crippen LogP contribution in [0, 0.1) is 13.8 Å². The van der Waals surface area contributed by atoms with Crippen molar-refractivity contribution in [1.29, 1.82) is 0 Å². The van der Waals surface area contributed by atoms with Crippen LogP contribution in [0.4, 0.5) is 10.9 Å². The van der Waals surface area contributed by atoms with Crippen molar-refractivity contribution < 1.29 is 9.53 Å². The Morgan fingerprint density at radius 2 is 1.96 bits per heavy atom. The van der Waals surface area contributed by atoms with Crippen molar-refractivity contribution in [3.05, 3.63) is 33.5 Å². The van der Waals surface area contributed by atoms with Crippen LogP contribution < -0.4 is 10.6 Å². The minimum atomic E-state index is -0.331. The minimum Gasteiger partial charge on any atom is -0.465 e. The van der Waals surface area contributed by atoms with E-state index in [1.807, 2.05) is 19.9 Å². The molecule has 0 atom stereocenters. The van der Waals surface area contributed by atoms with Crippen LogP contribution in [0.5, 0.6) is 0 Å². The quantitative estimate of drug-likeness (QED) is 0.641. The van der Waals surface area contributed by atoms with Crippen molar-refractivity contribution in [3.63, 3.8) is 0 Å². The smallest absolute Gasteiger partial charge is 0.341 e. The van der Waals surface area contributed by atoms with Gasteiger partial charge in [0, 0.05) is 16.3 Å². The van der Waals surface area contributed by atoms with Crippen molar-refractivity contribution in [2.75, 3.05) is 17.7 Å². The van der Waals surface area contributed by atoms with E-state index in [0.29, 0.717) is 21.6 Å². The zero-order valence-electron chi connectivity index (χ0n) is 13.7. The first kappa shape index (κ1) is 16.8. The molecular weight excluding hydrogens is 344 g/mol. The maximum Gasteiger partial charge on any atom is 0.341 e. The number of fused-ring (bicyclic) bond motifs is 1. The van der Waals surface area contributed by atoms with Gasteiger partial charge < -0.3 is 15.4 Å². The number of ether oxygens (including phenoxy) is 1. The molecule has 0 unspecified atom stereocenters. The molecule has 0 amide bonds. The number of nitrogens with zero attached hydrogens (tertiary/aromatic N) is 2. The van der Waals surface area contributed by atoms with Gasteiger partial charge in [0.1, 0.15) is 5.00 Å². The maximum absolute atomic E-state index is 12.1. The summed E-state index contributed by atoms with van der Waals surface area (Å²) in [4.78, 5) is 22.0. The summed E-state index contributed by atoms with van der Waals surface area (Å²) in [7, 11) is 1.39. The first-order chi connectivity index (χ1) is 11.5. The molecule has 126 valence electrons. The molecule has 8 heteroatoms. The number of hydrogen-bond acceptors (Lipinski definition) is 6. The lowest BCUT2D eigenvalue weighted by molar-refractivity contribution is 0.0601. The standard InChI is InChI=1S/C16H18N4O2S2/c1-8-7-9(2)18-15(17-8)20-16(23)19-13-12(14(21)22-3)10-5-4-6-11(10)24-13/h7H,4-6H2,1-3H3,(H2,17,18,19,20,23). The van der Waals surface area contributed by atoms with Crippen LogP contribution >= 0.6 is 23.6 Å². The normalized spacial score (nSPS) is 12.6. The zero-order valence-corrected chi connectivity index (χ0v) is 15.4. The number of carbonyl (C=O) groups excluding carboxylic acids is 1. The van der Waals surface area contributed by atoms with Crippen LogP contribution in [0.25, 0.3) is 0 Å². The summed E-state index contributed by atoms with van der Waals surface area (Å²) in [5, 5.41) is 7.14. The lowest BCUT2D eigenvalue weighted by Gasteiger charge is -2.11. The molecule has 1 aliphatic carbocycles. The molecule has 2 N–H and O–H groups in total. The molecule has 0 bridgehead atoms. The van der Waals surface area contributed by atoms with Gasteiger partial charge in [-0.05, 0) is 57.0 Å². The predicted octanol–water partition coefficient (Wildman–Crippen LogP) is 3.24. The number of anilines is 2. The van der Waals surface area contributed by atoms with E-state index in [1.54, 1.807) is 11.3 Å². The fourth-order valence-electron chi connectivity index (χ4n) is 2.83. The highest BCUT2D eigenvalue weighted by molar-refractivity contribution is 7.80. The van der Waals surface area contributed by atoms with Crippen LogP contribution in [-0.2, 0) is 17.6 Å². The van der Waals surface area contributed by atoms with Crippen molar-refractivity contribution in [3.8, 4) is 0 Å². The van der Waals surface area contributed by atoms with E-state index >= 15 is 0 Å². The van der Waals surface area contributed by atoms with E-state index < -0.39 is 0 Å². The molecule has 6 nitrogen and oxygen atoms in total. The highest BCUT2D eigenvalue weighted by Crippen LogP contribution is 2.39. The van der Waals surface area contributed by atoms with Crippen molar-refractivity contribution in [2.45, 2.75) is 33.1 Å². The fourth-order valence-corrected chi connectivity index (χ4v) is 4.37. The number of esters is 1. The molecule has 2 aromatic rings. The molecule has 0 spiro atoms. The van der Waals surface area contributed by atoms with E-state index in [-0.39, 0.29) is 5.97 Å². The largest absolute Gasteiger partial charge is 0.465 e. The van der Waals surface area contributed by atoms with Gasteiger partial charge in [-0.25, -0.2) is 14.8 Å². The Bertz CT molecular complexity index is 796. The van der Waals surface area contributed by atoms with Gasteiger partial charge in [-0.2, -0.15) is 0 Å². The Hall–Kier alpha value is -2.06. The monoisotopic (exact) mass is 362 g/mol. The van der Waals surface area contributed by atoms with Crippen LogP contribution in [0.15, 0.2) is 6.07 Å². The second-order valence-corrected chi connectivity index (χ2v) is 7.12. The molecule has 0 aliphatic heterocycles. The third-order valence-corrected chi connectivity index (χ3v) is 5.16. The highest BCUT2D eigenvalue weighted by atomic mass is 32.1. The Balaban J connectivity index is 1.81. The summed E-state index contributed by atoms with van der Waals surface area (Å²) in [6.45, 7) is 3.80. The molecule has 0 aromatic carbocycles. The third-order valence-electron chi connectivity index (χ3n) is 3.75. The average molecular weight is 362 g/mol. The lowest BCUT2D eigenvalue weighted by Crippen LogP contribution is -2.22. The van der Waals surface area contributed by atoms with Gasteiger partial charge in [-0.1, -0.05) is 0 Å². The number of methoxy groups -OCH3 is 1. The summed E-state index contributed by atoms with van der Waals surface area (Å²) < 4.78 is 4.93. The SMILES string of the molecule is COC(=O)c1c(NC(=S)Nc2nc(C)cc(C)n2)sc2c1CCC2. The van der Waals surface area contributed by atoms with Gasteiger partial charge >= 0.3 is 5.97 Å². The van der Waals surface area contributed by atoms with Gasteiger partial charge in [0.2, 0.25) is 5.95 Å². The van der Waals surface area contributed by atoms with Crippen molar-refractivity contribution >= 4 is 45.6 Å². The first-order valence-corrected chi connectivity index (χ1v) is 8.83. The van der Waals surface area contributed by atoms with Crippen molar-refractivity contribution in [2.24, 2.45) is 0 Å². The summed E-state index contributed by atoms with van der Waals surface area (Å²) in [5.74, 6) is 0.107. The first-order valence-electron chi connectivity index (χ1n) is 7.61. The van der Waals surface area contributed by atoms with Crippen LogP contribution in [0.2, 0.25) is 0 Å². The molecule has 2 aromatic heterocycles. The van der Waals surface area contributed by atoms with Gasteiger partial charge in [-0.15, -0.1) is 11.3 Å². The number of thiophene rings is 1. The molecular formula is C16H18N4O2S2. The van der Waals surface area contributed by atoms with Gasteiger partial charge in [0.25, 0.3) is 0 Å². The summed E-state index contributed by atoms with van der Waals surface area (Å²) >= 11 is 6.90. The maximum atomic E-state index is 12.1. The molecule has 24 heavy (non-hydrogen) atoms. The fraction of sp³-hybridized carbons (Fsp3) is 0.375. The minimum absolute atomic E-state index is 0.331. The molecule has 2 heterocycles. The summed E-state index contributed by atoms with van der Waals surface area (Å²) in [6.07, 6.45) is 2.97. The number of nitrogens with one attached hydrogen (secondary N) is 2. The Morgan fingerprint density at radius 3 is 2.62 bits per heavy atom. The van der Waals surface area contributed by atoms with E-state index in [0.717, 1.165) is 36.2 Å². The topological polar surface area (TPSA) is 76.1 Å². The number of rotatable bonds is 3. The zero-order chi connectivity index (χ0) is 17.3. The summed E-state index contributed by atoms with van der Waals surface area (Å²) in [5.41, 5.74) is 3.40. The molecule has 0 radical (unpaired) electrons. The Morgan fingerprint density at radius 1 is 1.25 bits per heavy atom. The molecule has 1 aliphatic rings. The summed E-state index contributed by atoms with van der Waals surface area (Å²) in [6, 6.07) is 1.89. The van der Waals surface area contributed by atoms with E-state index in [4.69, 9.17) is 17.0 Å². The second kappa shape index (κ2) is 6.82. The number of aryl methyl sites for hydroxylation is 3. The number of hydrogen-bond donors (Lipinski definition) is 2. The Kier molecular flexibility index (Phi) is 4.77. The van der Waals surface area contributed by atoms with E-state index in [9.17, 15) is 4.79 Å². The number of thiocarbonyl (C=S) groups is 1. The van der Waals surface area contributed by atoms with E-state index in [1.165, 1.54) is 12.0 Å². The molecule has 3 rings (SSSR count). The van der Waals surface area contributed by atoms with Gasteiger partial charge in [-0.3, -0.25) is 0 Å². The van der Waals surface area contributed by atoms with Gasteiger partial charge in [0.05, 0.1) is 12.7 Å². The second-order valence-electron chi connectivity index (χ2n) is 5.61. The predicted molar refractivity (Wildman–Crippen MR) is 99.0 cm³/mol. The van der Waals surface area contributed by atoms with Crippen molar-refractivity contribution in [1.82, 2.24) is 9.97 Å². The molecule has 0 fully saturated rings. The molecule has 0 saturated carbocycles. The average Bonchev–Trinajstić information content (AvgIpc) is 3.05. The molecule has 0 saturated heterocycles. The number of aromatic nitrogens is 2. The number of carbonyl (C=O) groups is 1. The van der Waals surface area contributed by atoms with Gasteiger partial charge in [0.15, 0.2) is 5.11 Å². The van der Waals surface area contributed by atoms with Crippen LogP contribution in [-0.4, -0.2) is 28.2 Å². The Labute approximate surface area is 149 Å². The third kappa shape index (κ3) is 3.39.